The standard InChI is InChI=1S/C10H11BrO.H2O/c11-9-4-1-3-8(7-9)10-5-2-6-12-10;/h1,3-4,7,10H,2,5-6H2;1H2. The second-order valence-electron chi connectivity index (χ2n) is 3.06. The Morgan fingerprint density at radius 2 is 2.23 bits per heavy atom. The minimum atomic E-state index is 0. The summed E-state index contributed by atoms with van der Waals surface area (Å²) < 4.78 is 6.71. The first-order valence-electron chi connectivity index (χ1n) is 4.23. The average Bonchev–Trinajstić information content (AvgIpc) is 2.56. The summed E-state index contributed by atoms with van der Waals surface area (Å²) >= 11 is 3.45. The molecule has 0 amide bonds. The molecule has 0 saturated carbocycles. The first-order valence-corrected chi connectivity index (χ1v) is 5.02. The fourth-order valence-electron chi connectivity index (χ4n) is 1.55. The van der Waals surface area contributed by atoms with Crippen molar-refractivity contribution in [2.45, 2.75) is 18.9 Å². The van der Waals surface area contributed by atoms with Gasteiger partial charge in [0.15, 0.2) is 0 Å². The van der Waals surface area contributed by atoms with Crippen LogP contribution in [0.5, 0.6) is 0 Å². The molecule has 1 heterocycles. The van der Waals surface area contributed by atoms with Crippen LogP contribution in [0.3, 0.4) is 0 Å². The molecule has 0 aliphatic carbocycles. The number of halogens is 1. The van der Waals surface area contributed by atoms with Gasteiger partial charge < -0.3 is 10.2 Å². The largest absolute Gasteiger partial charge is 0.412 e. The molecular formula is C10H13BrO2. The first kappa shape index (κ1) is 10.7. The molecule has 13 heavy (non-hydrogen) atoms. The van der Waals surface area contributed by atoms with E-state index in [1.807, 2.05) is 6.07 Å². The van der Waals surface area contributed by atoms with E-state index in [2.05, 4.69) is 34.1 Å². The lowest BCUT2D eigenvalue weighted by atomic mass is 10.1. The number of hydrogen-bond donors (Lipinski definition) is 0. The normalized spacial score (nSPS) is 21.2. The maximum absolute atomic E-state index is 5.57. The third-order valence-corrected chi connectivity index (χ3v) is 2.64. The van der Waals surface area contributed by atoms with E-state index in [0.717, 1.165) is 17.5 Å². The lowest BCUT2D eigenvalue weighted by Crippen LogP contribution is -1.94. The number of ether oxygens (including phenoxy) is 1. The Hall–Kier alpha value is -0.380. The molecule has 2 nitrogen and oxygen atoms in total. The van der Waals surface area contributed by atoms with Crippen LogP contribution in [0.25, 0.3) is 0 Å². The summed E-state index contributed by atoms with van der Waals surface area (Å²) in [6, 6.07) is 8.36. The van der Waals surface area contributed by atoms with Gasteiger partial charge in [-0.05, 0) is 30.5 Å². The molecule has 1 atom stereocenters. The molecule has 0 aromatic heterocycles. The monoisotopic (exact) mass is 244 g/mol. The maximum Gasteiger partial charge on any atom is 0.0826 e. The van der Waals surface area contributed by atoms with Crippen LogP contribution in [0.1, 0.15) is 24.5 Å². The van der Waals surface area contributed by atoms with E-state index in [1.54, 1.807) is 0 Å². The second-order valence-corrected chi connectivity index (χ2v) is 3.97. The van der Waals surface area contributed by atoms with Crippen molar-refractivity contribution in [1.29, 1.82) is 0 Å². The van der Waals surface area contributed by atoms with Gasteiger partial charge in [-0.1, -0.05) is 28.1 Å². The van der Waals surface area contributed by atoms with Crippen LogP contribution < -0.4 is 0 Å². The number of benzene rings is 1. The minimum Gasteiger partial charge on any atom is -0.412 e. The van der Waals surface area contributed by atoms with Crippen molar-refractivity contribution in [1.82, 2.24) is 0 Å². The van der Waals surface area contributed by atoms with E-state index in [9.17, 15) is 0 Å². The van der Waals surface area contributed by atoms with Gasteiger partial charge in [-0.2, -0.15) is 0 Å². The predicted octanol–water partition coefficient (Wildman–Crippen LogP) is 2.48. The Morgan fingerprint density at radius 1 is 1.38 bits per heavy atom. The Morgan fingerprint density at radius 3 is 2.85 bits per heavy atom. The summed E-state index contributed by atoms with van der Waals surface area (Å²) in [5.74, 6) is 0. The van der Waals surface area contributed by atoms with Crippen molar-refractivity contribution in [2.75, 3.05) is 6.61 Å². The van der Waals surface area contributed by atoms with Crippen LogP contribution in [-0.2, 0) is 4.74 Å². The van der Waals surface area contributed by atoms with Crippen LogP contribution in [0.4, 0.5) is 0 Å². The first-order chi connectivity index (χ1) is 5.86. The Kier molecular flexibility index (Phi) is 3.90. The zero-order valence-corrected chi connectivity index (χ0v) is 8.88. The van der Waals surface area contributed by atoms with E-state index in [1.165, 1.54) is 12.0 Å². The second kappa shape index (κ2) is 4.74. The molecule has 1 aliphatic rings. The number of rotatable bonds is 1. The molecule has 3 heteroatoms. The zero-order chi connectivity index (χ0) is 8.39. The highest BCUT2D eigenvalue weighted by molar-refractivity contribution is 9.10. The Bertz CT molecular complexity index is 269. The fourth-order valence-corrected chi connectivity index (χ4v) is 1.96. The van der Waals surface area contributed by atoms with Crippen molar-refractivity contribution in [3.8, 4) is 0 Å². The SMILES string of the molecule is Brc1cccc(C2CCCO2)c1.O. The van der Waals surface area contributed by atoms with Crippen molar-refractivity contribution in [2.24, 2.45) is 0 Å². The van der Waals surface area contributed by atoms with Crippen molar-refractivity contribution >= 4 is 15.9 Å². The molecule has 1 fully saturated rings. The van der Waals surface area contributed by atoms with Gasteiger partial charge >= 0.3 is 0 Å². The molecule has 2 N–H and O–H groups in total. The molecule has 1 aliphatic heterocycles. The molecule has 0 bridgehead atoms. The Balaban J connectivity index is 0.000000845. The molecule has 1 saturated heterocycles. The molecular weight excluding hydrogens is 232 g/mol. The zero-order valence-electron chi connectivity index (χ0n) is 7.29. The van der Waals surface area contributed by atoms with Crippen molar-refractivity contribution in [3.05, 3.63) is 34.3 Å². The van der Waals surface area contributed by atoms with Gasteiger partial charge in [-0.3, -0.25) is 0 Å². The van der Waals surface area contributed by atoms with Gasteiger partial charge in [0.05, 0.1) is 6.10 Å². The van der Waals surface area contributed by atoms with Gasteiger partial charge in [0.2, 0.25) is 0 Å². The predicted molar refractivity (Wildman–Crippen MR) is 55.7 cm³/mol. The van der Waals surface area contributed by atoms with Gasteiger partial charge in [0, 0.05) is 11.1 Å². The fraction of sp³-hybridized carbons (Fsp3) is 0.400. The summed E-state index contributed by atoms with van der Waals surface area (Å²) in [5, 5.41) is 0. The average molecular weight is 245 g/mol. The maximum atomic E-state index is 5.57. The molecule has 2 rings (SSSR count). The third kappa shape index (κ3) is 2.53. The number of hydrogen-bond acceptors (Lipinski definition) is 1. The van der Waals surface area contributed by atoms with E-state index in [4.69, 9.17) is 4.74 Å². The quantitative estimate of drug-likeness (QED) is 0.749. The smallest absolute Gasteiger partial charge is 0.0826 e. The lowest BCUT2D eigenvalue weighted by Gasteiger charge is -2.09. The van der Waals surface area contributed by atoms with Gasteiger partial charge in [-0.25, -0.2) is 0 Å². The van der Waals surface area contributed by atoms with Crippen LogP contribution in [0, 0.1) is 0 Å². The van der Waals surface area contributed by atoms with Crippen molar-refractivity contribution < 1.29 is 10.2 Å². The van der Waals surface area contributed by atoms with E-state index >= 15 is 0 Å². The van der Waals surface area contributed by atoms with Gasteiger partial charge in [-0.15, -0.1) is 0 Å². The van der Waals surface area contributed by atoms with Crippen LogP contribution in [-0.4, -0.2) is 12.1 Å². The van der Waals surface area contributed by atoms with Crippen LogP contribution in [0.15, 0.2) is 28.7 Å². The summed E-state index contributed by atoms with van der Waals surface area (Å²) in [5.41, 5.74) is 1.29. The molecule has 72 valence electrons. The molecule has 0 spiro atoms. The summed E-state index contributed by atoms with van der Waals surface area (Å²) in [6.07, 6.45) is 2.69. The van der Waals surface area contributed by atoms with Crippen molar-refractivity contribution in [3.63, 3.8) is 0 Å². The summed E-state index contributed by atoms with van der Waals surface area (Å²) in [6.45, 7) is 0.914. The molecule has 1 aromatic carbocycles. The van der Waals surface area contributed by atoms with Gasteiger partial charge in [0.25, 0.3) is 0 Å². The minimum absolute atomic E-state index is 0. The summed E-state index contributed by atoms with van der Waals surface area (Å²) in [7, 11) is 0. The van der Waals surface area contributed by atoms with E-state index < -0.39 is 0 Å². The van der Waals surface area contributed by atoms with Crippen LogP contribution in [0.2, 0.25) is 0 Å². The highest BCUT2D eigenvalue weighted by Gasteiger charge is 2.17. The molecule has 1 aromatic rings. The van der Waals surface area contributed by atoms with E-state index in [-0.39, 0.29) is 5.48 Å². The third-order valence-electron chi connectivity index (χ3n) is 2.15. The Labute approximate surface area is 86.3 Å². The van der Waals surface area contributed by atoms with E-state index in [0.29, 0.717) is 6.10 Å². The molecule has 1 unspecified atom stereocenters. The highest BCUT2D eigenvalue weighted by atomic mass is 79.9. The highest BCUT2D eigenvalue weighted by Crippen LogP contribution is 2.29. The molecule has 0 radical (unpaired) electrons. The van der Waals surface area contributed by atoms with Gasteiger partial charge in [0.1, 0.15) is 0 Å². The topological polar surface area (TPSA) is 40.7 Å². The lowest BCUT2D eigenvalue weighted by molar-refractivity contribution is 0.112. The van der Waals surface area contributed by atoms with Crippen LogP contribution >= 0.6 is 15.9 Å². The summed E-state index contributed by atoms with van der Waals surface area (Å²) in [4.78, 5) is 0.